The van der Waals surface area contributed by atoms with E-state index in [1.807, 2.05) is 31.2 Å². The van der Waals surface area contributed by atoms with E-state index in [-0.39, 0.29) is 18.0 Å². The number of hydrogen-bond donors (Lipinski definition) is 0. The van der Waals surface area contributed by atoms with Crippen molar-refractivity contribution < 1.29 is 17.6 Å². The van der Waals surface area contributed by atoms with Crippen LogP contribution < -0.4 is 4.74 Å². The summed E-state index contributed by atoms with van der Waals surface area (Å²) in [5, 5.41) is 0.761. The molecule has 0 unspecified atom stereocenters. The topological polar surface area (TPSA) is 72.1 Å². The molecule has 0 saturated heterocycles. The lowest BCUT2D eigenvalue weighted by Crippen LogP contribution is -2.30. The first-order valence-corrected chi connectivity index (χ1v) is 13.2. The van der Waals surface area contributed by atoms with Gasteiger partial charge in [0.05, 0.1) is 40.5 Å². The van der Waals surface area contributed by atoms with Gasteiger partial charge in [-0.05, 0) is 73.2 Å². The maximum absolute atomic E-state index is 13.6. The molecule has 0 saturated carbocycles. The number of aryl methyl sites for hydroxylation is 1. The Morgan fingerprint density at radius 1 is 0.917 bits per heavy atom. The van der Waals surface area contributed by atoms with E-state index in [1.165, 1.54) is 4.31 Å². The molecular formula is C27H24Cl2N2O4S. The van der Waals surface area contributed by atoms with Gasteiger partial charge in [-0.1, -0.05) is 47.0 Å². The van der Waals surface area contributed by atoms with Crippen LogP contribution in [0.1, 0.15) is 22.6 Å². The molecule has 1 heterocycles. The Morgan fingerprint density at radius 2 is 1.64 bits per heavy atom. The zero-order valence-corrected chi connectivity index (χ0v) is 22.0. The van der Waals surface area contributed by atoms with Crippen LogP contribution in [0.15, 0.2) is 93.2 Å². The Kier molecular flexibility index (Phi) is 8.16. The van der Waals surface area contributed by atoms with Crippen molar-refractivity contribution in [3.05, 3.63) is 112 Å². The van der Waals surface area contributed by atoms with Gasteiger partial charge in [0, 0.05) is 6.54 Å². The Labute approximate surface area is 220 Å². The van der Waals surface area contributed by atoms with Crippen LogP contribution >= 0.6 is 23.2 Å². The SMILES string of the molecule is COc1ccc(N=Cc2ccc(CN(Cc3ccc(Cl)c(Cl)c3)S(=O)(=O)c3ccc(C)cc3)o2)cc1. The van der Waals surface area contributed by atoms with Crippen molar-refractivity contribution in [2.24, 2.45) is 4.99 Å². The average molecular weight is 543 g/mol. The van der Waals surface area contributed by atoms with Crippen molar-refractivity contribution >= 4 is 45.1 Å². The van der Waals surface area contributed by atoms with Gasteiger partial charge in [-0.15, -0.1) is 0 Å². The Hall–Kier alpha value is -3.10. The van der Waals surface area contributed by atoms with E-state index < -0.39 is 10.0 Å². The molecular weight excluding hydrogens is 519 g/mol. The third-order valence-corrected chi connectivity index (χ3v) is 7.97. The standard InChI is InChI=1S/C27H24Cl2N2O4S/c1-19-3-12-25(13-4-19)36(32,33)31(17-20-5-14-26(28)27(29)15-20)18-24-11-10-23(35-24)16-30-21-6-8-22(34-2)9-7-21/h3-16H,17-18H2,1-2H3. The van der Waals surface area contributed by atoms with Gasteiger partial charge in [0.1, 0.15) is 17.3 Å². The maximum Gasteiger partial charge on any atom is 0.243 e. The minimum absolute atomic E-state index is 0.0207. The summed E-state index contributed by atoms with van der Waals surface area (Å²) in [7, 11) is -2.23. The van der Waals surface area contributed by atoms with Crippen molar-refractivity contribution in [2.45, 2.75) is 24.9 Å². The molecule has 0 spiro atoms. The van der Waals surface area contributed by atoms with Crippen molar-refractivity contribution in [3.8, 4) is 5.75 Å². The number of benzene rings is 3. The summed E-state index contributed by atoms with van der Waals surface area (Å²) >= 11 is 12.2. The molecule has 6 nitrogen and oxygen atoms in total. The highest BCUT2D eigenvalue weighted by atomic mass is 35.5. The number of nitrogens with zero attached hydrogens (tertiary/aromatic N) is 2. The first kappa shape index (κ1) is 26.0. The van der Waals surface area contributed by atoms with E-state index in [0.29, 0.717) is 27.1 Å². The van der Waals surface area contributed by atoms with Crippen LogP contribution in [0, 0.1) is 6.92 Å². The predicted molar refractivity (Wildman–Crippen MR) is 143 cm³/mol. The Morgan fingerprint density at radius 3 is 2.31 bits per heavy atom. The average Bonchev–Trinajstić information content (AvgIpc) is 3.32. The van der Waals surface area contributed by atoms with Gasteiger partial charge in [-0.3, -0.25) is 4.99 Å². The molecule has 3 aromatic carbocycles. The second-order valence-electron chi connectivity index (χ2n) is 8.09. The number of aliphatic imine (C=N–C) groups is 1. The molecule has 0 N–H and O–H groups in total. The van der Waals surface area contributed by atoms with Crippen molar-refractivity contribution in [1.29, 1.82) is 0 Å². The van der Waals surface area contributed by atoms with Crippen molar-refractivity contribution in [2.75, 3.05) is 7.11 Å². The normalized spacial score (nSPS) is 11.9. The quantitative estimate of drug-likeness (QED) is 0.212. The smallest absolute Gasteiger partial charge is 0.243 e. The third kappa shape index (κ3) is 6.36. The summed E-state index contributed by atoms with van der Waals surface area (Å²) in [6, 6.07) is 22.6. The summed E-state index contributed by atoms with van der Waals surface area (Å²) in [6.07, 6.45) is 1.59. The molecule has 0 aliphatic heterocycles. The fourth-order valence-corrected chi connectivity index (χ4v) is 5.17. The van der Waals surface area contributed by atoms with Gasteiger partial charge in [0.2, 0.25) is 10.0 Å². The molecule has 0 amide bonds. The minimum atomic E-state index is -3.84. The van der Waals surface area contributed by atoms with E-state index in [0.717, 1.165) is 17.0 Å². The predicted octanol–water partition coefficient (Wildman–Crippen LogP) is 7.05. The van der Waals surface area contributed by atoms with Crippen LogP contribution in [0.2, 0.25) is 10.0 Å². The third-order valence-electron chi connectivity index (χ3n) is 5.43. The van der Waals surface area contributed by atoms with Gasteiger partial charge < -0.3 is 9.15 Å². The first-order chi connectivity index (χ1) is 17.2. The number of halogens is 2. The molecule has 186 valence electrons. The summed E-state index contributed by atoms with van der Waals surface area (Å²) in [5.41, 5.74) is 2.40. The second-order valence-corrected chi connectivity index (χ2v) is 10.8. The van der Waals surface area contributed by atoms with Gasteiger partial charge in [0.25, 0.3) is 0 Å². The van der Waals surface area contributed by atoms with E-state index >= 15 is 0 Å². The highest BCUT2D eigenvalue weighted by Crippen LogP contribution is 2.27. The van der Waals surface area contributed by atoms with E-state index in [9.17, 15) is 8.42 Å². The van der Waals surface area contributed by atoms with E-state index in [1.54, 1.807) is 67.9 Å². The van der Waals surface area contributed by atoms with Crippen LogP contribution in [-0.2, 0) is 23.1 Å². The van der Waals surface area contributed by atoms with Crippen LogP contribution in [0.4, 0.5) is 5.69 Å². The molecule has 0 atom stereocenters. The summed E-state index contributed by atoms with van der Waals surface area (Å²) in [4.78, 5) is 4.60. The number of hydrogen-bond acceptors (Lipinski definition) is 5. The Bertz CT molecular complexity index is 1460. The largest absolute Gasteiger partial charge is 0.497 e. The molecule has 0 radical (unpaired) electrons. The molecule has 4 rings (SSSR count). The highest BCUT2D eigenvalue weighted by molar-refractivity contribution is 7.89. The molecule has 0 bridgehead atoms. The van der Waals surface area contributed by atoms with Gasteiger partial charge in [-0.25, -0.2) is 8.42 Å². The van der Waals surface area contributed by atoms with Crippen LogP contribution in [0.3, 0.4) is 0 Å². The number of furan rings is 1. The van der Waals surface area contributed by atoms with E-state index in [4.69, 9.17) is 32.4 Å². The number of sulfonamides is 1. The van der Waals surface area contributed by atoms with Crippen molar-refractivity contribution in [3.63, 3.8) is 0 Å². The monoisotopic (exact) mass is 542 g/mol. The van der Waals surface area contributed by atoms with Crippen molar-refractivity contribution in [1.82, 2.24) is 4.31 Å². The molecule has 1 aromatic heterocycles. The zero-order valence-electron chi connectivity index (χ0n) is 19.7. The highest BCUT2D eigenvalue weighted by Gasteiger charge is 2.26. The summed E-state index contributed by atoms with van der Waals surface area (Å²) in [6.45, 7) is 2.01. The van der Waals surface area contributed by atoms with E-state index in [2.05, 4.69) is 4.99 Å². The lowest BCUT2D eigenvalue weighted by atomic mass is 10.2. The number of ether oxygens (including phenoxy) is 1. The van der Waals surface area contributed by atoms with Gasteiger partial charge in [0.15, 0.2) is 0 Å². The van der Waals surface area contributed by atoms with Crippen LogP contribution in [0.25, 0.3) is 0 Å². The molecule has 4 aromatic rings. The van der Waals surface area contributed by atoms with Crippen LogP contribution in [-0.4, -0.2) is 26.0 Å². The summed E-state index contributed by atoms with van der Waals surface area (Å²) < 4.78 is 39.5. The fourth-order valence-electron chi connectivity index (χ4n) is 3.46. The molecule has 0 fully saturated rings. The number of rotatable bonds is 9. The zero-order chi connectivity index (χ0) is 25.7. The maximum atomic E-state index is 13.6. The second kappa shape index (κ2) is 11.3. The van der Waals surface area contributed by atoms with Crippen LogP contribution in [0.5, 0.6) is 5.75 Å². The molecule has 9 heteroatoms. The molecule has 0 aliphatic rings. The van der Waals surface area contributed by atoms with Gasteiger partial charge >= 0.3 is 0 Å². The first-order valence-electron chi connectivity index (χ1n) is 11.0. The molecule has 36 heavy (non-hydrogen) atoms. The fraction of sp³-hybridized carbons (Fsp3) is 0.148. The van der Waals surface area contributed by atoms with Gasteiger partial charge in [-0.2, -0.15) is 4.31 Å². The summed E-state index contributed by atoms with van der Waals surface area (Å²) in [5.74, 6) is 1.72. The lowest BCUT2D eigenvalue weighted by Gasteiger charge is -2.22. The minimum Gasteiger partial charge on any atom is -0.497 e. The number of methoxy groups -OCH3 is 1. The lowest BCUT2D eigenvalue weighted by molar-refractivity contribution is 0.357. The Balaban J connectivity index is 1.59. The molecule has 0 aliphatic carbocycles.